The first kappa shape index (κ1) is 16.8. The van der Waals surface area contributed by atoms with Crippen molar-refractivity contribution in [3.05, 3.63) is 64.1 Å². The number of ketones is 1. The van der Waals surface area contributed by atoms with Gasteiger partial charge in [0.2, 0.25) is 5.78 Å². The van der Waals surface area contributed by atoms with Crippen LogP contribution in [0.3, 0.4) is 0 Å². The maximum absolute atomic E-state index is 14.2. The number of fused-ring (bicyclic) bond motifs is 1. The molecule has 128 valence electrons. The van der Waals surface area contributed by atoms with E-state index < -0.39 is 17.6 Å². The molecule has 2 aliphatic rings. The summed E-state index contributed by atoms with van der Waals surface area (Å²) in [4.78, 5) is 32.2. The molecule has 0 atom stereocenters. The van der Waals surface area contributed by atoms with Crippen LogP contribution in [0.15, 0.2) is 63.5 Å². The summed E-state index contributed by atoms with van der Waals surface area (Å²) in [5.74, 6) is -1.97. The van der Waals surface area contributed by atoms with Gasteiger partial charge in [0.05, 0.1) is 19.2 Å². The van der Waals surface area contributed by atoms with Crippen LogP contribution < -0.4 is 0 Å². The number of aromatic nitrogens is 1. The molecule has 0 bridgehead atoms. The van der Waals surface area contributed by atoms with E-state index in [1.165, 1.54) is 19.5 Å². The Morgan fingerprint density at radius 1 is 1.40 bits per heavy atom. The first-order valence-electron chi connectivity index (χ1n) is 7.56. The molecule has 3 rings (SSSR count). The minimum Gasteiger partial charge on any atom is -0.494 e. The van der Waals surface area contributed by atoms with Crippen LogP contribution >= 0.6 is 0 Å². The maximum atomic E-state index is 14.2. The van der Waals surface area contributed by atoms with E-state index in [-0.39, 0.29) is 29.9 Å². The highest BCUT2D eigenvalue weighted by Crippen LogP contribution is 2.40. The minimum atomic E-state index is -1.10. The second-order valence-electron chi connectivity index (χ2n) is 5.64. The van der Waals surface area contributed by atoms with Crippen LogP contribution in [0.2, 0.25) is 0 Å². The number of Topliss-reactive ketones (excluding diaryl/α,β-unsaturated/α-hetero) is 1. The van der Waals surface area contributed by atoms with Gasteiger partial charge in [0, 0.05) is 41.1 Å². The molecule has 0 unspecified atom stereocenters. The summed E-state index contributed by atoms with van der Waals surface area (Å²) in [6.07, 6.45) is 2.39. The number of aliphatic imine (C=N–C) groups is 1. The van der Waals surface area contributed by atoms with Crippen LogP contribution in [0.4, 0.5) is 4.39 Å². The lowest BCUT2D eigenvalue weighted by molar-refractivity contribution is -0.136. The molecule has 0 fully saturated rings. The van der Waals surface area contributed by atoms with Crippen molar-refractivity contribution in [3.63, 3.8) is 0 Å². The van der Waals surface area contributed by atoms with E-state index in [0.29, 0.717) is 22.4 Å². The maximum Gasteiger partial charge on any atom is 0.307 e. The quantitative estimate of drug-likeness (QED) is 0.831. The lowest BCUT2D eigenvalue weighted by atomic mass is 9.88. The summed E-state index contributed by atoms with van der Waals surface area (Å²) in [7, 11) is 1.35. The molecule has 0 saturated heterocycles. The number of ether oxygens (including phenoxy) is 1. The number of nitrogens with zero attached hydrogens (tertiary/aromatic N) is 2. The number of carbonyl (C=O) groups is 2. The molecule has 1 aromatic rings. The molecule has 1 aliphatic heterocycles. The molecular weight excluding hydrogens is 327 g/mol. The van der Waals surface area contributed by atoms with Crippen LogP contribution in [0.25, 0.3) is 0 Å². The first-order chi connectivity index (χ1) is 11.9. The zero-order valence-electron chi connectivity index (χ0n) is 13.7. The number of rotatable bonds is 5. The predicted molar refractivity (Wildman–Crippen MR) is 87.7 cm³/mol. The molecule has 2 heterocycles. The van der Waals surface area contributed by atoms with E-state index in [4.69, 9.17) is 4.74 Å². The monoisotopic (exact) mass is 342 g/mol. The molecule has 0 radical (unpaired) electrons. The van der Waals surface area contributed by atoms with Crippen molar-refractivity contribution in [2.45, 2.75) is 19.8 Å². The van der Waals surface area contributed by atoms with E-state index in [9.17, 15) is 19.1 Å². The number of methoxy groups -OCH3 is 1. The van der Waals surface area contributed by atoms with Gasteiger partial charge in [0.15, 0.2) is 5.76 Å². The van der Waals surface area contributed by atoms with Crippen LogP contribution in [0, 0.1) is 0 Å². The molecule has 25 heavy (non-hydrogen) atoms. The standard InChI is InChI=1S/C18H15FN2O4/c1-9-15-11(6-14(22)23)16(17(24)10-4-3-5-20-8-10)21-13(15)7-12(19)18(9)25-2/h3-5,8H,6-7H2,1-2H3,(H,22,23). The average Bonchev–Trinajstić information content (AvgIpc) is 2.93. The highest BCUT2D eigenvalue weighted by molar-refractivity contribution is 6.19. The number of pyridine rings is 1. The number of hydrogen-bond donors (Lipinski definition) is 1. The topological polar surface area (TPSA) is 88.9 Å². The van der Waals surface area contributed by atoms with Gasteiger partial charge in [-0.25, -0.2) is 9.38 Å². The molecule has 1 aromatic heterocycles. The highest BCUT2D eigenvalue weighted by atomic mass is 19.1. The number of aliphatic carboxylic acids is 1. The molecular formula is C18H15FN2O4. The lowest BCUT2D eigenvalue weighted by Crippen LogP contribution is -2.14. The number of hydrogen-bond acceptors (Lipinski definition) is 5. The lowest BCUT2D eigenvalue weighted by Gasteiger charge is -2.19. The fourth-order valence-corrected chi connectivity index (χ4v) is 3.07. The second-order valence-corrected chi connectivity index (χ2v) is 5.64. The summed E-state index contributed by atoms with van der Waals surface area (Å²) in [5, 5.41) is 9.25. The van der Waals surface area contributed by atoms with E-state index in [1.54, 1.807) is 19.1 Å². The molecule has 0 aromatic carbocycles. The van der Waals surface area contributed by atoms with Crippen molar-refractivity contribution >= 4 is 17.5 Å². The molecule has 1 aliphatic carbocycles. The Bertz CT molecular complexity index is 895. The van der Waals surface area contributed by atoms with E-state index in [0.717, 1.165) is 0 Å². The van der Waals surface area contributed by atoms with Gasteiger partial charge in [0.25, 0.3) is 0 Å². The largest absolute Gasteiger partial charge is 0.494 e. The Labute approximate surface area is 143 Å². The number of allylic oxidation sites excluding steroid dienone is 4. The highest BCUT2D eigenvalue weighted by Gasteiger charge is 2.35. The number of halogens is 1. The third-order valence-corrected chi connectivity index (χ3v) is 4.08. The first-order valence-corrected chi connectivity index (χ1v) is 7.56. The molecule has 0 amide bonds. The summed E-state index contributed by atoms with van der Waals surface area (Å²) in [6, 6.07) is 3.18. The molecule has 0 spiro atoms. The fourth-order valence-electron chi connectivity index (χ4n) is 3.07. The number of carboxylic acids is 1. The molecule has 1 N–H and O–H groups in total. The second kappa shape index (κ2) is 6.43. The Kier molecular flexibility index (Phi) is 4.31. The Morgan fingerprint density at radius 2 is 2.16 bits per heavy atom. The summed E-state index contributed by atoms with van der Waals surface area (Å²) in [5.41, 5.74) is 1.85. The summed E-state index contributed by atoms with van der Waals surface area (Å²) in [6.45, 7) is 1.63. The van der Waals surface area contributed by atoms with Crippen LogP contribution in [-0.2, 0) is 9.53 Å². The third kappa shape index (κ3) is 2.88. The van der Waals surface area contributed by atoms with Gasteiger partial charge in [0.1, 0.15) is 11.5 Å². The normalized spacial score (nSPS) is 16.8. The SMILES string of the molecule is COC1=C(F)CC2=NC(C(=O)c3cccnc3)=C(CC(=O)O)C2=C1C. The van der Waals surface area contributed by atoms with Crippen molar-refractivity contribution < 1.29 is 23.8 Å². The predicted octanol–water partition coefficient (Wildman–Crippen LogP) is 3.00. The Balaban J connectivity index is 2.16. The average molecular weight is 342 g/mol. The van der Waals surface area contributed by atoms with E-state index in [1.807, 2.05) is 0 Å². The van der Waals surface area contributed by atoms with Crippen LogP contribution in [0.5, 0.6) is 0 Å². The van der Waals surface area contributed by atoms with Gasteiger partial charge in [-0.15, -0.1) is 0 Å². The summed E-state index contributed by atoms with van der Waals surface area (Å²) >= 11 is 0. The van der Waals surface area contributed by atoms with Crippen molar-refractivity contribution in [3.8, 4) is 0 Å². The molecule has 0 saturated carbocycles. The number of carbonyl (C=O) groups excluding carboxylic acids is 1. The van der Waals surface area contributed by atoms with Gasteiger partial charge in [-0.2, -0.15) is 0 Å². The van der Waals surface area contributed by atoms with Crippen LogP contribution in [-0.4, -0.2) is 34.7 Å². The smallest absolute Gasteiger partial charge is 0.307 e. The van der Waals surface area contributed by atoms with Crippen molar-refractivity contribution in [2.24, 2.45) is 4.99 Å². The van der Waals surface area contributed by atoms with E-state index in [2.05, 4.69) is 9.98 Å². The zero-order valence-corrected chi connectivity index (χ0v) is 13.7. The Hall–Kier alpha value is -3.09. The van der Waals surface area contributed by atoms with Gasteiger partial charge < -0.3 is 9.84 Å². The van der Waals surface area contributed by atoms with Gasteiger partial charge >= 0.3 is 5.97 Å². The molecule has 6 nitrogen and oxygen atoms in total. The van der Waals surface area contributed by atoms with Gasteiger partial charge in [-0.05, 0) is 19.1 Å². The fraction of sp³-hybridized carbons (Fsp3) is 0.222. The van der Waals surface area contributed by atoms with Crippen molar-refractivity contribution in [1.29, 1.82) is 0 Å². The van der Waals surface area contributed by atoms with Crippen molar-refractivity contribution in [1.82, 2.24) is 4.98 Å². The van der Waals surface area contributed by atoms with Crippen molar-refractivity contribution in [2.75, 3.05) is 7.11 Å². The zero-order chi connectivity index (χ0) is 18.1. The Morgan fingerprint density at radius 3 is 2.76 bits per heavy atom. The minimum absolute atomic E-state index is 0.0184. The van der Waals surface area contributed by atoms with Crippen LogP contribution in [0.1, 0.15) is 30.1 Å². The number of carboxylic acid groups (broad SMARTS) is 1. The van der Waals surface area contributed by atoms with Gasteiger partial charge in [-0.3, -0.25) is 14.6 Å². The molecule has 7 heteroatoms. The third-order valence-electron chi connectivity index (χ3n) is 4.08. The summed E-state index contributed by atoms with van der Waals surface area (Å²) < 4.78 is 19.3. The van der Waals surface area contributed by atoms with E-state index >= 15 is 0 Å². The van der Waals surface area contributed by atoms with Gasteiger partial charge in [-0.1, -0.05) is 0 Å².